The molecule has 1 atom stereocenters. The quantitative estimate of drug-likeness (QED) is 0.867. The molecule has 2 N–H and O–H groups in total. The number of anilines is 1. The van der Waals surface area contributed by atoms with E-state index in [0.717, 1.165) is 22.1 Å². The third-order valence-electron chi connectivity index (χ3n) is 3.45. The van der Waals surface area contributed by atoms with Crippen LogP contribution < -0.4 is 5.32 Å². The third kappa shape index (κ3) is 2.99. The van der Waals surface area contributed by atoms with Crippen molar-refractivity contribution in [3.05, 3.63) is 64.6 Å². The fourth-order valence-electron chi connectivity index (χ4n) is 2.18. The summed E-state index contributed by atoms with van der Waals surface area (Å²) in [4.78, 5) is 0. The minimum absolute atomic E-state index is 0.0504. The van der Waals surface area contributed by atoms with Gasteiger partial charge >= 0.3 is 0 Å². The van der Waals surface area contributed by atoms with Crippen LogP contribution in [0.4, 0.5) is 5.69 Å². The molecular weight excluding hydrogens is 302 g/mol. The van der Waals surface area contributed by atoms with Gasteiger partial charge in [0.15, 0.2) is 0 Å². The van der Waals surface area contributed by atoms with Gasteiger partial charge in [0.05, 0.1) is 12.1 Å². The molecule has 2 aromatic carbocycles. The van der Waals surface area contributed by atoms with E-state index in [4.69, 9.17) is 0 Å². The lowest BCUT2D eigenvalue weighted by atomic mass is 9.87. The second-order valence-corrected chi connectivity index (χ2v) is 5.42. The summed E-state index contributed by atoms with van der Waals surface area (Å²) in [6, 6.07) is 18.0. The predicted octanol–water partition coefficient (Wildman–Crippen LogP) is 4.16. The molecule has 0 spiro atoms. The fraction of sp³-hybridized carbons (Fsp3) is 0.250. The summed E-state index contributed by atoms with van der Waals surface area (Å²) in [5.41, 5.74) is 1.63. The number of benzene rings is 2. The molecule has 0 bridgehead atoms. The molecule has 2 rings (SSSR count). The molecule has 2 nitrogen and oxygen atoms in total. The summed E-state index contributed by atoms with van der Waals surface area (Å²) in [5, 5.41) is 13.4. The Hall–Kier alpha value is -1.32. The van der Waals surface area contributed by atoms with Crippen LogP contribution in [0.5, 0.6) is 0 Å². The molecule has 0 fully saturated rings. The van der Waals surface area contributed by atoms with Gasteiger partial charge in [-0.1, -0.05) is 49.4 Å². The number of aliphatic hydroxyl groups excluding tert-OH is 1. The topological polar surface area (TPSA) is 32.3 Å². The third-order valence-corrected chi connectivity index (χ3v) is 4.14. The van der Waals surface area contributed by atoms with E-state index in [9.17, 15) is 5.11 Å². The second kappa shape index (κ2) is 6.22. The van der Waals surface area contributed by atoms with Crippen LogP contribution in [-0.2, 0) is 5.54 Å². The number of rotatable bonds is 5. The molecule has 19 heavy (non-hydrogen) atoms. The van der Waals surface area contributed by atoms with E-state index >= 15 is 0 Å². The van der Waals surface area contributed by atoms with Gasteiger partial charge < -0.3 is 10.4 Å². The van der Waals surface area contributed by atoms with Gasteiger partial charge in [-0.25, -0.2) is 0 Å². The van der Waals surface area contributed by atoms with E-state index in [1.807, 2.05) is 54.6 Å². The molecule has 0 amide bonds. The van der Waals surface area contributed by atoms with Crippen LogP contribution in [0, 0.1) is 0 Å². The smallest absolute Gasteiger partial charge is 0.0854 e. The van der Waals surface area contributed by atoms with Gasteiger partial charge in [0.25, 0.3) is 0 Å². The number of hydrogen-bond acceptors (Lipinski definition) is 2. The highest BCUT2D eigenvalue weighted by molar-refractivity contribution is 9.10. The molecule has 1 unspecified atom stereocenters. The highest BCUT2D eigenvalue weighted by Crippen LogP contribution is 2.32. The van der Waals surface area contributed by atoms with Crippen LogP contribution in [0.25, 0.3) is 0 Å². The maximum atomic E-state index is 9.90. The Bertz CT molecular complexity index is 523. The van der Waals surface area contributed by atoms with Crippen molar-refractivity contribution < 1.29 is 5.11 Å². The average Bonchev–Trinajstić information content (AvgIpc) is 2.48. The zero-order chi connectivity index (χ0) is 13.7. The molecule has 0 aliphatic carbocycles. The number of aliphatic hydroxyl groups is 1. The molecule has 0 heterocycles. The van der Waals surface area contributed by atoms with Crippen molar-refractivity contribution in [2.24, 2.45) is 0 Å². The van der Waals surface area contributed by atoms with Crippen LogP contribution in [0.1, 0.15) is 18.9 Å². The van der Waals surface area contributed by atoms with Crippen LogP contribution in [0.2, 0.25) is 0 Å². The van der Waals surface area contributed by atoms with Crippen molar-refractivity contribution in [1.82, 2.24) is 0 Å². The monoisotopic (exact) mass is 319 g/mol. The molecule has 0 saturated carbocycles. The van der Waals surface area contributed by atoms with Crippen molar-refractivity contribution in [3.8, 4) is 0 Å². The van der Waals surface area contributed by atoms with Crippen molar-refractivity contribution >= 4 is 21.6 Å². The largest absolute Gasteiger partial charge is 0.394 e. The van der Waals surface area contributed by atoms with E-state index in [1.54, 1.807) is 0 Å². The summed E-state index contributed by atoms with van der Waals surface area (Å²) < 4.78 is 0.997. The van der Waals surface area contributed by atoms with Crippen molar-refractivity contribution in [2.45, 2.75) is 18.9 Å². The zero-order valence-electron chi connectivity index (χ0n) is 10.9. The van der Waals surface area contributed by atoms with Crippen LogP contribution >= 0.6 is 15.9 Å². The Morgan fingerprint density at radius 2 is 1.68 bits per heavy atom. The summed E-state index contributed by atoms with van der Waals surface area (Å²) in [7, 11) is 0. The summed E-state index contributed by atoms with van der Waals surface area (Å²) in [5.74, 6) is 0. The van der Waals surface area contributed by atoms with Gasteiger partial charge in [-0.2, -0.15) is 0 Å². The molecule has 0 aliphatic rings. The van der Waals surface area contributed by atoms with E-state index in [2.05, 4.69) is 28.2 Å². The average molecular weight is 320 g/mol. The fourth-order valence-corrected chi connectivity index (χ4v) is 2.57. The van der Waals surface area contributed by atoms with Crippen LogP contribution in [0.15, 0.2) is 59.1 Å². The first-order chi connectivity index (χ1) is 9.22. The molecule has 2 aromatic rings. The number of nitrogens with one attached hydrogen (secondary N) is 1. The van der Waals surface area contributed by atoms with Crippen LogP contribution in [0.3, 0.4) is 0 Å². The van der Waals surface area contributed by atoms with Crippen LogP contribution in [-0.4, -0.2) is 11.7 Å². The molecule has 0 aliphatic heterocycles. The Kier molecular flexibility index (Phi) is 4.61. The van der Waals surface area contributed by atoms with Crippen molar-refractivity contribution in [1.29, 1.82) is 0 Å². The van der Waals surface area contributed by atoms with E-state index in [0.29, 0.717) is 0 Å². The lowest BCUT2D eigenvalue weighted by molar-refractivity contribution is 0.207. The Morgan fingerprint density at radius 1 is 1.05 bits per heavy atom. The Balaban J connectivity index is 2.38. The number of para-hydroxylation sites is 1. The first kappa shape index (κ1) is 14.1. The van der Waals surface area contributed by atoms with E-state index < -0.39 is 5.54 Å². The summed E-state index contributed by atoms with van der Waals surface area (Å²) in [6.45, 7) is 2.13. The lowest BCUT2D eigenvalue weighted by Crippen LogP contribution is -2.38. The van der Waals surface area contributed by atoms with Gasteiger partial charge in [0.2, 0.25) is 0 Å². The van der Waals surface area contributed by atoms with Gasteiger partial charge in [-0.05, 0) is 40.0 Å². The van der Waals surface area contributed by atoms with Gasteiger partial charge in [-0.15, -0.1) is 0 Å². The lowest BCUT2D eigenvalue weighted by Gasteiger charge is -2.34. The standard InChI is InChI=1S/C16H18BrNO/c1-2-16(12-19,13-8-4-3-5-9-13)18-15-11-7-6-10-14(15)17/h3-11,18-19H,2,12H2,1H3. The molecule has 0 aromatic heterocycles. The number of halogens is 1. The summed E-state index contributed by atoms with van der Waals surface area (Å²) >= 11 is 3.54. The maximum absolute atomic E-state index is 9.90. The highest BCUT2D eigenvalue weighted by atomic mass is 79.9. The first-order valence-electron chi connectivity index (χ1n) is 6.41. The summed E-state index contributed by atoms with van der Waals surface area (Å²) in [6.07, 6.45) is 0.800. The Morgan fingerprint density at radius 3 is 2.26 bits per heavy atom. The SMILES string of the molecule is CCC(CO)(Nc1ccccc1Br)c1ccccc1. The highest BCUT2D eigenvalue weighted by Gasteiger charge is 2.29. The zero-order valence-corrected chi connectivity index (χ0v) is 12.5. The predicted molar refractivity (Wildman–Crippen MR) is 83.3 cm³/mol. The van der Waals surface area contributed by atoms with Crippen molar-refractivity contribution in [3.63, 3.8) is 0 Å². The van der Waals surface area contributed by atoms with Crippen molar-refractivity contribution in [2.75, 3.05) is 11.9 Å². The van der Waals surface area contributed by atoms with E-state index in [1.165, 1.54) is 0 Å². The van der Waals surface area contributed by atoms with Gasteiger partial charge in [0.1, 0.15) is 0 Å². The Labute approximate surface area is 122 Å². The molecule has 0 radical (unpaired) electrons. The number of hydrogen-bond donors (Lipinski definition) is 2. The molecular formula is C16H18BrNO. The normalized spacial score (nSPS) is 13.8. The molecule has 100 valence electrons. The first-order valence-corrected chi connectivity index (χ1v) is 7.20. The maximum Gasteiger partial charge on any atom is 0.0854 e. The van der Waals surface area contributed by atoms with Gasteiger partial charge in [-0.3, -0.25) is 0 Å². The van der Waals surface area contributed by atoms with Gasteiger partial charge in [0, 0.05) is 10.2 Å². The molecule has 3 heteroatoms. The molecule has 0 saturated heterocycles. The van der Waals surface area contributed by atoms with E-state index in [-0.39, 0.29) is 6.61 Å². The second-order valence-electron chi connectivity index (χ2n) is 4.56. The minimum atomic E-state index is -0.453. The minimum Gasteiger partial charge on any atom is -0.394 e.